The second kappa shape index (κ2) is 6.89. The topological polar surface area (TPSA) is 38.3 Å². The molecule has 0 aliphatic heterocycles. The lowest BCUT2D eigenvalue weighted by molar-refractivity contribution is -0.143. The van der Waals surface area contributed by atoms with E-state index in [1.54, 1.807) is 0 Å². The van der Waals surface area contributed by atoms with Crippen molar-refractivity contribution in [2.45, 2.75) is 65.0 Å². The minimum absolute atomic E-state index is 0.0962. The summed E-state index contributed by atoms with van der Waals surface area (Å²) in [7, 11) is 0. The van der Waals surface area contributed by atoms with Crippen LogP contribution in [0, 0.1) is 5.92 Å². The number of esters is 1. The van der Waals surface area contributed by atoms with Crippen molar-refractivity contribution in [3.63, 3.8) is 0 Å². The second-order valence-electron chi connectivity index (χ2n) is 4.91. The van der Waals surface area contributed by atoms with Gasteiger partial charge >= 0.3 is 5.97 Å². The lowest BCUT2D eigenvalue weighted by Gasteiger charge is -2.24. The molecular formula is C13H25NO2. The predicted octanol–water partition coefficient (Wildman–Crippen LogP) is 2.50. The highest BCUT2D eigenvalue weighted by molar-refractivity contribution is 5.70. The number of carbonyl (C=O) groups excluding carboxylic acids is 1. The van der Waals surface area contributed by atoms with Crippen LogP contribution in [0.5, 0.6) is 0 Å². The number of carbonyl (C=O) groups is 1. The summed E-state index contributed by atoms with van der Waals surface area (Å²) in [6.07, 6.45) is 5.87. The Morgan fingerprint density at radius 1 is 1.38 bits per heavy atom. The van der Waals surface area contributed by atoms with E-state index in [9.17, 15) is 4.79 Å². The lowest BCUT2D eigenvalue weighted by Crippen LogP contribution is -2.40. The molecule has 1 fully saturated rings. The van der Waals surface area contributed by atoms with Crippen molar-refractivity contribution in [3.05, 3.63) is 0 Å². The van der Waals surface area contributed by atoms with Gasteiger partial charge in [0, 0.05) is 12.1 Å². The summed E-state index contributed by atoms with van der Waals surface area (Å²) < 4.78 is 4.94. The zero-order chi connectivity index (χ0) is 12.0. The highest BCUT2D eigenvalue weighted by atomic mass is 16.5. The van der Waals surface area contributed by atoms with E-state index >= 15 is 0 Å². The van der Waals surface area contributed by atoms with Crippen LogP contribution in [0.3, 0.4) is 0 Å². The van der Waals surface area contributed by atoms with Gasteiger partial charge in [0.25, 0.3) is 0 Å². The van der Waals surface area contributed by atoms with E-state index in [0.717, 1.165) is 5.92 Å². The maximum atomic E-state index is 11.3. The van der Waals surface area contributed by atoms with Crippen molar-refractivity contribution in [3.8, 4) is 0 Å². The van der Waals surface area contributed by atoms with Crippen LogP contribution in [-0.4, -0.2) is 24.7 Å². The number of rotatable bonds is 6. The number of nitrogens with one attached hydrogen (secondary N) is 1. The fourth-order valence-electron chi connectivity index (χ4n) is 2.57. The van der Waals surface area contributed by atoms with Gasteiger partial charge in [0.1, 0.15) is 0 Å². The standard InChI is InChI=1S/C13H25NO2/c1-4-16-13(15)9-10(2)14-11(3)12-7-5-6-8-12/h10-12,14H,4-9H2,1-3H3. The van der Waals surface area contributed by atoms with Crippen LogP contribution in [0.15, 0.2) is 0 Å². The maximum Gasteiger partial charge on any atom is 0.307 e. The van der Waals surface area contributed by atoms with Crippen LogP contribution in [0.2, 0.25) is 0 Å². The molecule has 0 aromatic carbocycles. The quantitative estimate of drug-likeness (QED) is 0.708. The second-order valence-corrected chi connectivity index (χ2v) is 4.91. The first-order valence-corrected chi connectivity index (χ1v) is 6.55. The smallest absolute Gasteiger partial charge is 0.307 e. The van der Waals surface area contributed by atoms with E-state index in [-0.39, 0.29) is 12.0 Å². The molecule has 1 saturated carbocycles. The largest absolute Gasteiger partial charge is 0.466 e. The molecular weight excluding hydrogens is 202 g/mol. The summed E-state index contributed by atoms with van der Waals surface area (Å²) in [6, 6.07) is 0.738. The third-order valence-corrected chi connectivity index (χ3v) is 3.43. The van der Waals surface area contributed by atoms with Crippen LogP contribution in [0.4, 0.5) is 0 Å². The van der Waals surface area contributed by atoms with Crippen LogP contribution in [-0.2, 0) is 9.53 Å². The van der Waals surface area contributed by atoms with Crippen molar-refractivity contribution < 1.29 is 9.53 Å². The number of hydrogen-bond acceptors (Lipinski definition) is 3. The van der Waals surface area contributed by atoms with Gasteiger partial charge in [-0.05, 0) is 39.5 Å². The molecule has 0 heterocycles. The van der Waals surface area contributed by atoms with Crippen LogP contribution in [0.1, 0.15) is 52.9 Å². The Kier molecular flexibility index (Phi) is 5.81. The minimum Gasteiger partial charge on any atom is -0.466 e. The minimum atomic E-state index is -0.0962. The van der Waals surface area contributed by atoms with Crippen molar-refractivity contribution in [2.24, 2.45) is 5.92 Å². The molecule has 0 aromatic heterocycles. The molecule has 16 heavy (non-hydrogen) atoms. The van der Waals surface area contributed by atoms with E-state index in [1.807, 2.05) is 6.92 Å². The van der Waals surface area contributed by atoms with Gasteiger partial charge in [-0.2, -0.15) is 0 Å². The normalized spacial score (nSPS) is 20.7. The highest BCUT2D eigenvalue weighted by Crippen LogP contribution is 2.27. The first-order chi connectivity index (χ1) is 7.63. The Morgan fingerprint density at radius 3 is 2.56 bits per heavy atom. The average molecular weight is 227 g/mol. The number of ether oxygens (including phenoxy) is 1. The van der Waals surface area contributed by atoms with E-state index in [2.05, 4.69) is 19.2 Å². The fraction of sp³-hybridized carbons (Fsp3) is 0.923. The van der Waals surface area contributed by atoms with Crippen molar-refractivity contribution >= 4 is 5.97 Å². The van der Waals surface area contributed by atoms with Gasteiger partial charge in [-0.15, -0.1) is 0 Å². The molecule has 0 spiro atoms. The summed E-state index contributed by atoms with van der Waals surface area (Å²) in [4.78, 5) is 11.3. The van der Waals surface area contributed by atoms with E-state index < -0.39 is 0 Å². The van der Waals surface area contributed by atoms with Crippen molar-refractivity contribution in [1.82, 2.24) is 5.32 Å². The van der Waals surface area contributed by atoms with Gasteiger partial charge in [0.05, 0.1) is 13.0 Å². The number of hydrogen-bond donors (Lipinski definition) is 1. The zero-order valence-corrected chi connectivity index (χ0v) is 10.8. The maximum absolute atomic E-state index is 11.3. The fourth-order valence-corrected chi connectivity index (χ4v) is 2.57. The molecule has 0 aromatic rings. The van der Waals surface area contributed by atoms with Crippen molar-refractivity contribution in [1.29, 1.82) is 0 Å². The Morgan fingerprint density at radius 2 is 2.00 bits per heavy atom. The summed E-state index contributed by atoms with van der Waals surface area (Å²) >= 11 is 0. The van der Waals surface area contributed by atoms with Gasteiger partial charge in [-0.3, -0.25) is 4.79 Å². The molecule has 1 aliphatic rings. The molecule has 0 amide bonds. The SMILES string of the molecule is CCOC(=O)CC(C)NC(C)C1CCCC1. The molecule has 2 atom stereocenters. The Bertz CT molecular complexity index is 212. The van der Waals surface area contributed by atoms with Gasteiger partial charge in [0.15, 0.2) is 0 Å². The molecule has 1 rings (SSSR count). The van der Waals surface area contributed by atoms with Gasteiger partial charge in [0.2, 0.25) is 0 Å². The van der Waals surface area contributed by atoms with E-state index in [1.165, 1.54) is 25.7 Å². The van der Waals surface area contributed by atoms with Gasteiger partial charge < -0.3 is 10.1 Å². The summed E-state index contributed by atoms with van der Waals surface area (Å²) in [6.45, 7) is 6.61. The Hall–Kier alpha value is -0.570. The molecule has 2 unspecified atom stereocenters. The third kappa shape index (κ3) is 4.52. The molecule has 0 bridgehead atoms. The molecule has 94 valence electrons. The van der Waals surface area contributed by atoms with Gasteiger partial charge in [-0.25, -0.2) is 0 Å². The third-order valence-electron chi connectivity index (χ3n) is 3.43. The van der Waals surface area contributed by atoms with Crippen LogP contribution >= 0.6 is 0 Å². The molecule has 3 heteroatoms. The summed E-state index contributed by atoms with van der Waals surface area (Å²) in [5.41, 5.74) is 0. The average Bonchev–Trinajstić information content (AvgIpc) is 2.69. The van der Waals surface area contributed by atoms with E-state index in [0.29, 0.717) is 19.1 Å². The molecule has 0 saturated heterocycles. The van der Waals surface area contributed by atoms with Crippen LogP contribution < -0.4 is 5.32 Å². The molecule has 1 aliphatic carbocycles. The monoisotopic (exact) mass is 227 g/mol. The zero-order valence-electron chi connectivity index (χ0n) is 10.8. The first-order valence-electron chi connectivity index (χ1n) is 6.55. The molecule has 1 N–H and O–H groups in total. The highest BCUT2D eigenvalue weighted by Gasteiger charge is 2.23. The summed E-state index contributed by atoms with van der Waals surface area (Å²) in [5, 5.41) is 3.51. The predicted molar refractivity (Wildman–Crippen MR) is 65.3 cm³/mol. The van der Waals surface area contributed by atoms with Crippen molar-refractivity contribution in [2.75, 3.05) is 6.61 Å². The Balaban J connectivity index is 2.21. The molecule has 0 radical (unpaired) electrons. The van der Waals surface area contributed by atoms with Gasteiger partial charge in [-0.1, -0.05) is 12.8 Å². The van der Waals surface area contributed by atoms with E-state index in [4.69, 9.17) is 4.74 Å². The lowest BCUT2D eigenvalue weighted by atomic mass is 9.99. The Labute approximate surface area is 98.9 Å². The first kappa shape index (κ1) is 13.5. The molecule has 3 nitrogen and oxygen atoms in total. The summed E-state index contributed by atoms with van der Waals surface area (Å²) in [5.74, 6) is 0.700. The van der Waals surface area contributed by atoms with Crippen LogP contribution in [0.25, 0.3) is 0 Å².